The van der Waals surface area contributed by atoms with Gasteiger partial charge in [-0.1, -0.05) is 6.58 Å². The van der Waals surface area contributed by atoms with Gasteiger partial charge < -0.3 is 4.74 Å². The Morgan fingerprint density at radius 3 is 2.73 bits per heavy atom. The zero-order valence-corrected chi connectivity index (χ0v) is 6.89. The normalized spacial score (nSPS) is 7.82. The monoisotopic (exact) mass is 152 g/mol. The van der Waals surface area contributed by atoms with E-state index in [0.717, 1.165) is 0 Å². The van der Waals surface area contributed by atoms with Crippen LogP contribution < -0.4 is 0 Å². The van der Waals surface area contributed by atoms with Gasteiger partial charge in [-0.05, 0) is 26.0 Å². The molecule has 2 heteroatoms. The second-order valence-electron chi connectivity index (χ2n) is 1.77. The maximum Gasteiger partial charge on any atom is 0.345 e. The molecule has 0 rings (SSSR count). The summed E-state index contributed by atoms with van der Waals surface area (Å²) in [7, 11) is 0. The Balaban J connectivity index is 4.40. The van der Waals surface area contributed by atoms with Crippen LogP contribution in [-0.2, 0) is 9.53 Å². The van der Waals surface area contributed by atoms with E-state index in [9.17, 15) is 4.79 Å². The highest BCUT2D eigenvalue weighted by Gasteiger charge is 2.03. The predicted octanol–water partition coefficient (Wildman–Crippen LogP) is 1.84. The molecule has 0 heterocycles. The summed E-state index contributed by atoms with van der Waals surface area (Å²) in [5.41, 5.74) is 3.09. The molecular formula is C9H12O2. The summed E-state index contributed by atoms with van der Waals surface area (Å²) >= 11 is 0. The largest absolute Gasteiger partial charge is 0.462 e. The molecule has 11 heavy (non-hydrogen) atoms. The third-order valence-electron chi connectivity index (χ3n) is 0.999. The zero-order chi connectivity index (χ0) is 8.69. The van der Waals surface area contributed by atoms with Crippen LogP contribution in [0.15, 0.2) is 30.0 Å². The standard InChI is InChI=1S/C9H12O2/c1-4-7-8(5-2)9(10)11-6-3/h4-5H,2,6H2,1,3H3. The van der Waals surface area contributed by atoms with Crippen LogP contribution in [0, 0.1) is 0 Å². The number of hydrogen-bond donors (Lipinski definition) is 0. The van der Waals surface area contributed by atoms with Crippen molar-refractivity contribution in [3.63, 3.8) is 0 Å². The Kier molecular flexibility index (Phi) is 4.87. The Hall–Kier alpha value is -1.27. The SMILES string of the molecule is C=CC(=C=CC)C(=O)OCC. The highest BCUT2D eigenvalue weighted by atomic mass is 16.5. The summed E-state index contributed by atoms with van der Waals surface area (Å²) in [4.78, 5) is 11.0. The molecule has 0 bridgehead atoms. The van der Waals surface area contributed by atoms with Gasteiger partial charge >= 0.3 is 5.97 Å². The first-order valence-corrected chi connectivity index (χ1v) is 3.47. The lowest BCUT2D eigenvalue weighted by molar-refractivity contribution is -0.138. The molecule has 0 saturated heterocycles. The third kappa shape index (κ3) is 3.43. The first kappa shape index (κ1) is 9.73. The number of hydrogen-bond acceptors (Lipinski definition) is 2. The molecule has 0 aliphatic rings. The summed E-state index contributed by atoms with van der Waals surface area (Å²) in [6.45, 7) is 7.38. The van der Waals surface area contributed by atoms with Crippen molar-refractivity contribution in [3.8, 4) is 0 Å². The van der Waals surface area contributed by atoms with Crippen molar-refractivity contribution in [2.45, 2.75) is 13.8 Å². The van der Waals surface area contributed by atoms with Gasteiger partial charge in [-0.2, -0.15) is 0 Å². The van der Waals surface area contributed by atoms with Crippen molar-refractivity contribution in [1.82, 2.24) is 0 Å². The fourth-order valence-corrected chi connectivity index (χ4v) is 0.566. The molecule has 0 aromatic heterocycles. The summed E-state index contributed by atoms with van der Waals surface area (Å²) in [6, 6.07) is 0. The zero-order valence-electron chi connectivity index (χ0n) is 6.89. The molecule has 0 aliphatic carbocycles. The first-order chi connectivity index (χ1) is 5.26. The Bertz CT molecular complexity index is 208. The topological polar surface area (TPSA) is 26.3 Å². The van der Waals surface area contributed by atoms with Crippen LogP contribution in [0.4, 0.5) is 0 Å². The lowest BCUT2D eigenvalue weighted by atomic mass is 10.3. The number of esters is 1. The van der Waals surface area contributed by atoms with E-state index in [-0.39, 0.29) is 5.97 Å². The van der Waals surface area contributed by atoms with Gasteiger partial charge in [0, 0.05) is 0 Å². The fraction of sp³-hybridized carbons (Fsp3) is 0.333. The third-order valence-corrected chi connectivity index (χ3v) is 0.999. The molecule has 0 radical (unpaired) electrons. The maximum atomic E-state index is 11.0. The summed E-state index contributed by atoms with van der Waals surface area (Å²) < 4.78 is 4.72. The van der Waals surface area contributed by atoms with E-state index in [1.54, 1.807) is 19.9 Å². The van der Waals surface area contributed by atoms with Crippen molar-refractivity contribution >= 4 is 5.97 Å². The van der Waals surface area contributed by atoms with Gasteiger partial charge in [0.2, 0.25) is 0 Å². The molecule has 0 aliphatic heterocycles. The van der Waals surface area contributed by atoms with Crippen LogP contribution in [0.3, 0.4) is 0 Å². The van der Waals surface area contributed by atoms with Gasteiger partial charge in [-0.3, -0.25) is 0 Å². The smallest absolute Gasteiger partial charge is 0.345 e. The minimum absolute atomic E-state index is 0.370. The van der Waals surface area contributed by atoms with E-state index in [1.165, 1.54) is 6.08 Å². The van der Waals surface area contributed by atoms with Crippen molar-refractivity contribution in [2.24, 2.45) is 0 Å². The van der Waals surface area contributed by atoms with Crippen molar-refractivity contribution in [2.75, 3.05) is 6.61 Å². The number of carbonyl (C=O) groups excluding carboxylic acids is 1. The Morgan fingerprint density at radius 2 is 2.36 bits per heavy atom. The lowest BCUT2D eigenvalue weighted by Gasteiger charge is -1.97. The average molecular weight is 152 g/mol. The summed E-state index contributed by atoms with van der Waals surface area (Å²) in [5, 5.41) is 0. The summed E-state index contributed by atoms with van der Waals surface area (Å²) in [6.07, 6.45) is 3.08. The van der Waals surface area contributed by atoms with Gasteiger partial charge in [0.15, 0.2) is 0 Å². The summed E-state index contributed by atoms with van der Waals surface area (Å²) in [5.74, 6) is -0.374. The molecule has 0 aromatic carbocycles. The van der Waals surface area contributed by atoms with Gasteiger partial charge in [0.1, 0.15) is 5.57 Å². The minimum Gasteiger partial charge on any atom is -0.462 e. The van der Waals surface area contributed by atoms with Gasteiger partial charge in [0.25, 0.3) is 0 Å². The molecule has 0 aromatic rings. The molecule has 60 valence electrons. The van der Waals surface area contributed by atoms with E-state index in [1.807, 2.05) is 0 Å². The van der Waals surface area contributed by atoms with E-state index >= 15 is 0 Å². The van der Waals surface area contributed by atoms with E-state index in [0.29, 0.717) is 12.2 Å². The molecular weight excluding hydrogens is 140 g/mol. The van der Waals surface area contributed by atoms with Crippen LogP contribution in [0.1, 0.15) is 13.8 Å². The average Bonchev–Trinajstić information content (AvgIpc) is 2.00. The predicted molar refractivity (Wildman–Crippen MR) is 44.1 cm³/mol. The van der Waals surface area contributed by atoms with Crippen LogP contribution in [0.25, 0.3) is 0 Å². The molecule has 0 amide bonds. The molecule has 0 N–H and O–H groups in total. The maximum absolute atomic E-state index is 11.0. The quantitative estimate of drug-likeness (QED) is 0.267. The van der Waals surface area contributed by atoms with Crippen LogP contribution in [0.2, 0.25) is 0 Å². The van der Waals surface area contributed by atoms with E-state index in [2.05, 4.69) is 12.3 Å². The van der Waals surface area contributed by atoms with Gasteiger partial charge in [-0.25, -0.2) is 4.79 Å². The van der Waals surface area contributed by atoms with Crippen LogP contribution in [-0.4, -0.2) is 12.6 Å². The van der Waals surface area contributed by atoms with E-state index in [4.69, 9.17) is 4.74 Å². The van der Waals surface area contributed by atoms with Crippen molar-refractivity contribution < 1.29 is 9.53 Å². The molecule has 0 saturated carbocycles. The Morgan fingerprint density at radius 1 is 1.73 bits per heavy atom. The van der Waals surface area contributed by atoms with Crippen molar-refractivity contribution in [1.29, 1.82) is 0 Å². The molecule has 0 atom stereocenters. The number of rotatable bonds is 3. The number of carbonyl (C=O) groups is 1. The highest BCUT2D eigenvalue weighted by molar-refractivity contribution is 5.91. The molecule has 2 nitrogen and oxygen atoms in total. The number of ether oxygens (including phenoxy) is 1. The fourth-order valence-electron chi connectivity index (χ4n) is 0.566. The van der Waals surface area contributed by atoms with Crippen molar-refractivity contribution in [3.05, 3.63) is 30.0 Å². The second-order valence-corrected chi connectivity index (χ2v) is 1.77. The molecule has 0 spiro atoms. The lowest BCUT2D eigenvalue weighted by Crippen LogP contribution is -2.04. The van der Waals surface area contributed by atoms with Crippen LogP contribution in [0.5, 0.6) is 0 Å². The van der Waals surface area contributed by atoms with Gasteiger partial charge in [-0.15, -0.1) is 5.73 Å². The minimum atomic E-state index is -0.374. The molecule has 0 fully saturated rings. The van der Waals surface area contributed by atoms with E-state index < -0.39 is 0 Å². The molecule has 0 unspecified atom stereocenters. The second kappa shape index (κ2) is 5.51. The van der Waals surface area contributed by atoms with Crippen LogP contribution >= 0.6 is 0 Å². The first-order valence-electron chi connectivity index (χ1n) is 3.47. The highest BCUT2D eigenvalue weighted by Crippen LogP contribution is 1.96. The Labute approximate surface area is 66.9 Å². The van der Waals surface area contributed by atoms with Gasteiger partial charge in [0.05, 0.1) is 6.61 Å².